The summed E-state index contributed by atoms with van der Waals surface area (Å²) in [7, 11) is 0. The van der Waals surface area contributed by atoms with Crippen LogP contribution in [0.15, 0.2) is 42.7 Å². The third-order valence-corrected chi connectivity index (χ3v) is 4.03. The average Bonchev–Trinajstić information content (AvgIpc) is 2.99. The summed E-state index contributed by atoms with van der Waals surface area (Å²) < 4.78 is 7.61. The number of hydrogen-bond acceptors (Lipinski definition) is 4. The normalized spacial score (nSPS) is 18.0. The average molecular weight is 387 g/mol. The Morgan fingerprint density at radius 1 is 1.36 bits per heavy atom. The van der Waals surface area contributed by atoms with Crippen molar-refractivity contribution in [3.63, 3.8) is 0 Å². The van der Waals surface area contributed by atoms with Crippen molar-refractivity contribution in [2.75, 3.05) is 19.7 Å². The first-order valence-electron chi connectivity index (χ1n) is 7.83. The number of benzene rings is 1. The maximum Gasteiger partial charge on any atom is 0.244 e. The number of halogens is 2. The van der Waals surface area contributed by atoms with Gasteiger partial charge in [-0.15, -0.1) is 24.8 Å². The van der Waals surface area contributed by atoms with E-state index in [-0.39, 0.29) is 36.8 Å². The van der Waals surface area contributed by atoms with Gasteiger partial charge in [0.05, 0.1) is 25.5 Å². The van der Waals surface area contributed by atoms with E-state index < -0.39 is 6.04 Å². The molecule has 0 saturated carbocycles. The third-order valence-electron chi connectivity index (χ3n) is 4.03. The predicted octanol–water partition coefficient (Wildman–Crippen LogP) is 1.96. The standard InChI is InChI=1S/C17H22N4O2.2ClH/c1-13-9-19-21(10-13)12-15-11-20(7-8-23-15)17(22)16(18)14-5-3-2-4-6-14;;/h2-6,9-10,15-16H,7-8,11-12,18H2,1H3;2*1H. The molecule has 8 heteroatoms. The van der Waals surface area contributed by atoms with E-state index in [0.717, 1.165) is 11.1 Å². The zero-order chi connectivity index (χ0) is 16.2. The molecule has 0 aliphatic carbocycles. The smallest absolute Gasteiger partial charge is 0.244 e. The zero-order valence-corrected chi connectivity index (χ0v) is 15.7. The van der Waals surface area contributed by atoms with Gasteiger partial charge < -0.3 is 15.4 Å². The minimum Gasteiger partial charge on any atom is -0.373 e. The van der Waals surface area contributed by atoms with Crippen molar-refractivity contribution in [3.05, 3.63) is 53.9 Å². The zero-order valence-electron chi connectivity index (χ0n) is 14.1. The number of amides is 1. The third kappa shape index (κ3) is 5.44. The monoisotopic (exact) mass is 386 g/mol. The molecule has 0 bridgehead atoms. The largest absolute Gasteiger partial charge is 0.373 e. The Morgan fingerprint density at radius 2 is 2.08 bits per heavy atom. The first-order chi connectivity index (χ1) is 11.1. The van der Waals surface area contributed by atoms with E-state index in [1.165, 1.54) is 0 Å². The molecular weight excluding hydrogens is 363 g/mol. The topological polar surface area (TPSA) is 73.4 Å². The number of aryl methyl sites for hydroxylation is 1. The van der Waals surface area contributed by atoms with Crippen LogP contribution in [0, 0.1) is 6.92 Å². The number of rotatable bonds is 4. The number of carbonyl (C=O) groups excluding carboxylic acids is 1. The molecule has 25 heavy (non-hydrogen) atoms. The predicted molar refractivity (Wildman–Crippen MR) is 101 cm³/mol. The summed E-state index contributed by atoms with van der Waals surface area (Å²) in [6, 6.07) is 8.84. The van der Waals surface area contributed by atoms with E-state index >= 15 is 0 Å². The van der Waals surface area contributed by atoms with Crippen LogP contribution in [0.25, 0.3) is 0 Å². The van der Waals surface area contributed by atoms with Gasteiger partial charge in [-0.3, -0.25) is 9.48 Å². The molecule has 0 spiro atoms. The van der Waals surface area contributed by atoms with E-state index in [4.69, 9.17) is 10.5 Å². The minimum absolute atomic E-state index is 0. The van der Waals surface area contributed by atoms with Gasteiger partial charge >= 0.3 is 0 Å². The number of morpholine rings is 1. The lowest BCUT2D eigenvalue weighted by atomic mass is 10.1. The Balaban J connectivity index is 0.00000156. The minimum atomic E-state index is -0.623. The van der Waals surface area contributed by atoms with Crippen LogP contribution in [0.4, 0.5) is 0 Å². The maximum absolute atomic E-state index is 12.6. The molecule has 2 heterocycles. The van der Waals surface area contributed by atoms with Crippen LogP contribution in [-0.4, -0.2) is 46.4 Å². The molecule has 0 radical (unpaired) electrons. The van der Waals surface area contributed by atoms with Gasteiger partial charge in [-0.25, -0.2) is 0 Å². The Labute approximate surface area is 160 Å². The van der Waals surface area contributed by atoms with Crippen LogP contribution in [0.3, 0.4) is 0 Å². The van der Waals surface area contributed by atoms with Gasteiger partial charge in [-0.2, -0.15) is 5.10 Å². The maximum atomic E-state index is 12.6. The lowest BCUT2D eigenvalue weighted by Gasteiger charge is -2.34. The van der Waals surface area contributed by atoms with Gasteiger partial charge in [0.15, 0.2) is 0 Å². The van der Waals surface area contributed by atoms with Crippen LogP contribution in [-0.2, 0) is 16.1 Å². The summed E-state index contributed by atoms with van der Waals surface area (Å²) in [4.78, 5) is 14.4. The van der Waals surface area contributed by atoms with Crippen molar-refractivity contribution in [2.24, 2.45) is 5.73 Å². The highest BCUT2D eigenvalue weighted by atomic mass is 35.5. The summed E-state index contributed by atoms with van der Waals surface area (Å²) in [5.74, 6) is -0.0545. The van der Waals surface area contributed by atoms with Gasteiger partial charge in [-0.1, -0.05) is 30.3 Å². The van der Waals surface area contributed by atoms with Crippen molar-refractivity contribution in [3.8, 4) is 0 Å². The summed E-state index contributed by atoms with van der Waals surface area (Å²) in [5, 5.41) is 4.27. The van der Waals surface area contributed by atoms with E-state index in [1.54, 1.807) is 4.90 Å². The van der Waals surface area contributed by atoms with Gasteiger partial charge in [0.25, 0.3) is 0 Å². The first-order valence-corrected chi connectivity index (χ1v) is 7.83. The van der Waals surface area contributed by atoms with Gasteiger partial charge in [0, 0.05) is 19.3 Å². The highest BCUT2D eigenvalue weighted by Gasteiger charge is 2.28. The number of carbonyl (C=O) groups is 1. The fourth-order valence-corrected chi connectivity index (χ4v) is 2.81. The SMILES string of the molecule is Cc1cnn(CC2CN(C(=O)C(N)c3ccccc3)CCO2)c1.Cl.Cl. The number of nitrogens with zero attached hydrogens (tertiary/aromatic N) is 3. The Morgan fingerprint density at radius 3 is 2.72 bits per heavy atom. The fraction of sp³-hybridized carbons (Fsp3) is 0.412. The molecule has 6 nitrogen and oxygen atoms in total. The Hall–Kier alpha value is -1.60. The molecule has 1 fully saturated rings. The summed E-state index contributed by atoms with van der Waals surface area (Å²) >= 11 is 0. The van der Waals surface area contributed by atoms with Crippen LogP contribution in [0.1, 0.15) is 17.2 Å². The summed E-state index contributed by atoms with van der Waals surface area (Å²) in [5.41, 5.74) is 8.07. The van der Waals surface area contributed by atoms with E-state index in [9.17, 15) is 4.79 Å². The molecule has 3 rings (SSSR count). The van der Waals surface area contributed by atoms with Crippen molar-refractivity contribution >= 4 is 30.7 Å². The molecule has 2 aromatic rings. The molecule has 2 unspecified atom stereocenters. The highest BCUT2D eigenvalue weighted by molar-refractivity contribution is 5.85. The highest BCUT2D eigenvalue weighted by Crippen LogP contribution is 2.16. The van der Waals surface area contributed by atoms with E-state index in [1.807, 2.05) is 54.3 Å². The van der Waals surface area contributed by atoms with Crippen LogP contribution >= 0.6 is 24.8 Å². The van der Waals surface area contributed by atoms with Crippen LogP contribution in [0.5, 0.6) is 0 Å². The van der Waals surface area contributed by atoms with Crippen molar-refractivity contribution in [2.45, 2.75) is 25.6 Å². The summed E-state index contributed by atoms with van der Waals surface area (Å²) in [6.07, 6.45) is 3.73. The van der Waals surface area contributed by atoms with Gasteiger partial charge in [0.1, 0.15) is 6.04 Å². The number of hydrogen-bond donors (Lipinski definition) is 1. The molecule has 1 aromatic carbocycles. The molecular formula is C17H24Cl2N4O2. The van der Waals surface area contributed by atoms with E-state index in [0.29, 0.717) is 26.2 Å². The van der Waals surface area contributed by atoms with Crippen molar-refractivity contribution in [1.29, 1.82) is 0 Å². The molecule has 138 valence electrons. The second-order valence-electron chi connectivity index (χ2n) is 5.91. The molecule has 1 saturated heterocycles. The fourth-order valence-electron chi connectivity index (χ4n) is 2.81. The van der Waals surface area contributed by atoms with Crippen molar-refractivity contribution < 1.29 is 9.53 Å². The molecule has 2 N–H and O–H groups in total. The lowest BCUT2D eigenvalue weighted by molar-refractivity contribution is -0.140. The Kier molecular flexibility index (Phi) is 8.38. The molecule has 1 aliphatic heterocycles. The van der Waals surface area contributed by atoms with Crippen molar-refractivity contribution in [1.82, 2.24) is 14.7 Å². The molecule has 1 aromatic heterocycles. The first kappa shape index (κ1) is 21.4. The molecule has 2 atom stereocenters. The van der Waals surface area contributed by atoms with Gasteiger partial charge in [-0.05, 0) is 18.1 Å². The molecule has 1 aliphatic rings. The number of nitrogens with two attached hydrogens (primary N) is 1. The van der Waals surface area contributed by atoms with Crippen LogP contribution < -0.4 is 5.73 Å². The number of aromatic nitrogens is 2. The quantitative estimate of drug-likeness (QED) is 0.871. The second-order valence-corrected chi connectivity index (χ2v) is 5.91. The van der Waals surface area contributed by atoms with Gasteiger partial charge in [0.2, 0.25) is 5.91 Å². The summed E-state index contributed by atoms with van der Waals surface area (Å²) in [6.45, 7) is 4.28. The number of ether oxygens (including phenoxy) is 1. The second kappa shape index (κ2) is 9.77. The lowest BCUT2D eigenvalue weighted by Crippen LogP contribution is -2.49. The van der Waals surface area contributed by atoms with Crippen LogP contribution in [0.2, 0.25) is 0 Å². The molecule has 1 amide bonds. The Bertz CT molecular complexity index is 666. The van der Waals surface area contributed by atoms with E-state index in [2.05, 4.69) is 5.10 Å².